The molecule has 0 aromatic carbocycles. The molecule has 11 heavy (non-hydrogen) atoms. The van der Waals surface area contributed by atoms with Gasteiger partial charge in [-0.1, -0.05) is 12.2 Å². The van der Waals surface area contributed by atoms with E-state index in [1.807, 2.05) is 29.7 Å². The molecule has 1 saturated heterocycles. The van der Waals surface area contributed by atoms with Crippen LogP contribution < -0.4 is 0 Å². The van der Waals surface area contributed by atoms with Gasteiger partial charge < -0.3 is 4.90 Å². The zero-order chi connectivity index (χ0) is 8.81. The van der Waals surface area contributed by atoms with E-state index in [9.17, 15) is 0 Å². The molecule has 1 aliphatic rings. The van der Waals surface area contributed by atoms with Gasteiger partial charge in [-0.3, -0.25) is 3.93 Å². The summed E-state index contributed by atoms with van der Waals surface area (Å²) >= 11 is 13.7. The second kappa shape index (κ2) is 2.64. The summed E-state index contributed by atoms with van der Waals surface area (Å²) in [4.78, 5) is 2.68. The Balaban J connectivity index is 3.06. The number of hydrogen-bond donors (Lipinski definition) is 0. The highest BCUT2D eigenvalue weighted by Gasteiger charge is 2.42. The van der Waals surface area contributed by atoms with Crippen LogP contribution >= 0.6 is 40.6 Å². The van der Waals surface area contributed by atoms with Gasteiger partial charge in [-0.25, -0.2) is 0 Å². The topological polar surface area (TPSA) is 6.48 Å². The Morgan fingerprint density at radius 1 is 1.36 bits per heavy atom. The Labute approximate surface area is 85.9 Å². The zero-order valence-electron chi connectivity index (χ0n) is 6.59. The average Bonchev–Trinajstić information content (AvgIpc) is 2.06. The predicted octanol–water partition coefficient (Wildman–Crippen LogP) is 1.93. The number of halogens is 1. The monoisotopic (exact) mass is 252 g/mol. The fraction of sp³-hybridized carbons (Fsp3) is 0.667. The summed E-state index contributed by atoms with van der Waals surface area (Å²) in [7, 11) is 1.88. The molecule has 1 heterocycles. The standard InChI is InChI=1S/C6H9BrN2S2/c1-6(2)4(10)8(3)5(11)9(6)7/h1-3H3. The zero-order valence-corrected chi connectivity index (χ0v) is 9.81. The Morgan fingerprint density at radius 3 is 1.91 bits per heavy atom. The molecule has 0 N–H and O–H groups in total. The van der Waals surface area contributed by atoms with Crippen LogP contribution in [0, 0.1) is 0 Å². The van der Waals surface area contributed by atoms with E-state index in [2.05, 4.69) is 16.1 Å². The Bertz CT molecular complexity index is 227. The maximum atomic E-state index is 5.20. The molecule has 1 aliphatic heterocycles. The molecule has 0 amide bonds. The van der Waals surface area contributed by atoms with Crippen LogP contribution in [0.4, 0.5) is 0 Å². The van der Waals surface area contributed by atoms with Crippen LogP contribution in [0.3, 0.4) is 0 Å². The molecular weight excluding hydrogens is 244 g/mol. The van der Waals surface area contributed by atoms with Crippen LogP contribution in [0.5, 0.6) is 0 Å². The largest absolute Gasteiger partial charge is 0.314 e. The quantitative estimate of drug-likeness (QED) is 0.480. The number of hydrogen-bond acceptors (Lipinski definition) is 2. The highest BCUT2D eigenvalue weighted by Crippen LogP contribution is 2.30. The van der Waals surface area contributed by atoms with Crippen molar-refractivity contribution in [1.82, 2.24) is 8.83 Å². The molecular formula is C6H9BrN2S2. The summed E-state index contributed by atoms with van der Waals surface area (Å²) in [6.07, 6.45) is 0. The molecule has 0 radical (unpaired) electrons. The second-order valence-corrected chi connectivity index (χ2v) is 4.45. The molecule has 1 rings (SSSR count). The first-order valence-electron chi connectivity index (χ1n) is 3.17. The van der Waals surface area contributed by atoms with Crippen LogP contribution in [0.15, 0.2) is 0 Å². The second-order valence-electron chi connectivity index (χ2n) is 2.99. The number of rotatable bonds is 0. The molecule has 0 aromatic rings. The first kappa shape index (κ1) is 9.35. The van der Waals surface area contributed by atoms with Gasteiger partial charge in [0.15, 0.2) is 5.11 Å². The summed E-state index contributed by atoms with van der Waals surface area (Å²) in [6.45, 7) is 4.06. The minimum atomic E-state index is -0.179. The lowest BCUT2D eigenvalue weighted by Gasteiger charge is -2.23. The van der Waals surface area contributed by atoms with Crippen molar-refractivity contribution < 1.29 is 0 Å². The van der Waals surface area contributed by atoms with Crippen molar-refractivity contribution in [2.75, 3.05) is 7.05 Å². The minimum Gasteiger partial charge on any atom is -0.314 e. The molecule has 0 bridgehead atoms. The van der Waals surface area contributed by atoms with Crippen molar-refractivity contribution in [3.8, 4) is 0 Å². The molecule has 0 saturated carbocycles. The minimum absolute atomic E-state index is 0.179. The first-order chi connectivity index (χ1) is 4.89. The fourth-order valence-corrected chi connectivity index (χ4v) is 2.03. The number of likely N-dealkylation sites (N-methyl/N-ethyl adjacent to an activating group) is 1. The number of nitrogens with zero attached hydrogens (tertiary/aromatic N) is 2. The molecule has 0 unspecified atom stereocenters. The van der Waals surface area contributed by atoms with Crippen LogP contribution in [0.1, 0.15) is 13.8 Å². The lowest BCUT2D eigenvalue weighted by Crippen LogP contribution is -2.37. The number of thiocarbonyl (C=S) groups is 2. The van der Waals surface area contributed by atoms with E-state index < -0.39 is 0 Å². The summed E-state index contributed by atoms with van der Waals surface area (Å²) in [6, 6.07) is 0. The van der Waals surface area contributed by atoms with Crippen LogP contribution in [0.25, 0.3) is 0 Å². The van der Waals surface area contributed by atoms with E-state index in [4.69, 9.17) is 24.4 Å². The SMILES string of the molecule is CN1C(=S)N(Br)C(C)(C)C1=S. The van der Waals surface area contributed by atoms with Crippen molar-refractivity contribution in [3.63, 3.8) is 0 Å². The third-order valence-electron chi connectivity index (χ3n) is 1.77. The van der Waals surface area contributed by atoms with Crippen molar-refractivity contribution >= 4 is 50.7 Å². The van der Waals surface area contributed by atoms with Gasteiger partial charge in [0, 0.05) is 7.05 Å². The Morgan fingerprint density at radius 2 is 1.82 bits per heavy atom. The molecule has 1 fully saturated rings. The molecule has 0 aromatic heterocycles. The van der Waals surface area contributed by atoms with E-state index in [0.29, 0.717) is 0 Å². The maximum absolute atomic E-state index is 5.20. The van der Waals surface area contributed by atoms with Gasteiger partial charge in [0.05, 0.1) is 21.7 Å². The van der Waals surface area contributed by atoms with Crippen molar-refractivity contribution in [1.29, 1.82) is 0 Å². The Hall–Kier alpha value is 0.260. The van der Waals surface area contributed by atoms with Gasteiger partial charge in [-0.15, -0.1) is 0 Å². The van der Waals surface area contributed by atoms with Crippen LogP contribution in [-0.2, 0) is 0 Å². The van der Waals surface area contributed by atoms with Gasteiger partial charge in [-0.2, -0.15) is 0 Å². The fourth-order valence-electron chi connectivity index (χ4n) is 0.952. The van der Waals surface area contributed by atoms with Crippen LogP contribution in [0.2, 0.25) is 0 Å². The maximum Gasteiger partial charge on any atom is 0.187 e. The highest BCUT2D eigenvalue weighted by atomic mass is 79.9. The van der Waals surface area contributed by atoms with E-state index in [0.717, 1.165) is 10.1 Å². The van der Waals surface area contributed by atoms with Gasteiger partial charge >= 0.3 is 0 Å². The van der Waals surface area contributed by atoms with E-state index >= 15 is 0 Å². The summed E-state index contributed by atoms with van der Waals surface area (Å²) < 4.78 is 1.83. The van der Waals surface area contributed by atoms with Crippen molar-refractivity contribution in [3.05, 3.63) is 0 Å². The Kier molecular flexibility index (Phi) is 2.24. The third-order valence-corrected chi connectivity index (χ3v) is 4.46. The molecule has 0 aliphatic carbocycles. The molecule has 0 atom stereocenters. The van der Waals surface area contributed by atoms with Gasteiger partial charge in [-0.05, 0) is 26.1 Å². The molecule has 2 nitrogen and oxygen atoms in total. The summed E-state index contributed by atoms with van der Waals surface area (Å²) in [5, 5.41) is 0.722. The summed E-state index contributed by atoms with van der Waals surface area (Å²) in [5.41, 5.74) is -0.179. The van der Waals surface area contributed by atoms with Crippen molar-refractivity contribution in [2.24, 2.45) is 0 Å². The van der Waals surface area contributed by atoms with E-state index in [1.54, 1.807) is 0 Å². The molecule has 0 spiro atoms. The van der Waals surface area contributed by atoms with Gasteiger partial charge in [0.25, 0.3) is 0 Å². The average molecular weight is 253 g/mol. The first-order valence-corrected chi connectivity index (χ1v) is 4.69. The van der Waals surface area contributed by atoms with Crippen LogP contribution in [-0.4, -0.2) is 31.5 Å². The van der Waals surface area contributed by atoms with Gasteiger partial charge in [0.1, 0.15) is 4.99 Å². The molecule has 5 heteroatoms. The predicted molar refractivity (Wildman–Crippen MR) is 57.8 cm³/mol. The summed E-state index contributed by atoms with van der Waals surface area (Å²) in [5.74, 6) is 0. The van der Waals surface area contributed by atoms with Crippen molar-refractivity contribution in [2.45, 2.75) is 19.4 Å². The highest BCUT2D eigenvalue weighted by molar-refractivity contribution is 9.07. The normalized spacial score (nSPS) is 23.3. The smallest absolute Gasteiger partial charge is 0.187 e. The van der Waals surface area contributed by atoms with Gasteiger partial charge in [0.2, 0.25) is 0 Å². The van der Waals surface area contributed by atoms with E-state index in [-0.39, 0.29) is 5.54 Å². The lowest BCUT2D eigenvalue weighted by molar-refractivity contribution is 0.502. The van der Waals surface area contributed by atoms with E-state index in [1.165, 1.54) is 0 Å². The third kappa shape index (κ3) is 1.19. The molecule has 62 valence electrons. The lowest BCUT2D eigenvalue weighted by atomic mass is 10.1.